The lowest BCUT2D eigenvalue weighted by molar-refractivity contribution is -0.292. The molecule has 1 aromatic carbocycles. The van der Waals surface area contributed by atoms with Crippen molar-refractivity contribution in [2.75, 3.05) is 85.9 Å². The summed E-state index contributed by atoms with van der Waals surface area (Å²) >= 11 is 0. The zero-order chi connectivity index (χ0) is 71.6. The molecule has 13 rings (SSSR count). The summed E-state index contributed by atoms with van der Waals surface area (Å²) in [6.45, 7) is 12.0. The van der Waals surface area contributed by atoms with E-state index in [1.165, 1.54) is 12.2 Å². The second-order valence-electron chi connectivity index (χ2n) is 29.6. The van der Waals surface area contributed by atoms with Gasteiger partial charge in [0, 0.05) is 116 Å². The zero-order valence-electron chi connectivity index (χ0n) is 58.7. The number of ketones is 2. The minimum Gasteiger partial charge on any atom is -0.391 e. The Hall–Kier alpha value is -6.25. The maximum atomic E-state index is 14.6. The molecule has 20 atom stereocenters. The lowest BCUT2D eigenvalue weighted by Crippen LogP contribution is -2.61. The van der Waals surface area contributed by atoms with Gasteiger partial charge in [-0.3, -0.25) is 53.0 Å². The second kappa shape index (κ2) is 34.8. The van der Waals surface area contributed by atoms with Crippen LogP contribution in [0.4, 0.5) is 0 Å². The molecule has 0 aromatic heterocycles. The van der Waals surface area contributed by atoms with Crippen LogP contribution in [-0.4, -0.2) is 263 Å². The number of carbonyl (C=O) groups is 9. The van der Waals surface area contributed by atoms with E-state index < -0.39 is 116 Å². The van der Waals surface area contributed by atoms with E-state index in [1.807, 2.05) is 4.90 Å². The Morgan fingerprint density at radius 1 is 0.667 bits per heavy atom. The Morgan fingerprint density at radius 3 is 2.13 bits per heavy atom. The second-order valence-corrected chi connectivity index (χ2v) is 29.6. The molecule has 560 valence electrons. The number of benzene rings is 1. The first-order valence-electron chi connectivity index (χ1n) is 37.0. The van der Waals surface area contributed by atoms with Crippen LogP contribution >= 0.6 is 0 Å². The van der Waals surface area contributed by atoms with Gasteiger partial charge in [-0.15, -0.1) is 0 Å². The van der Waals surface area contributed by atoms with Gasteiger partial charge in [-0.2, -0.15) is 0 Å². The van der Waals surface area contributed by atoms with Crippen LogP contribution in [0.25, 0.3) is 0 Å². The van der Waals surface area contributed by atoms with Crippen molar-refractivity contribution in [3.05, 3.63) is 72.4 Å². The van der Waals surface area contributed by atoms with Crippen LogP contribution in [0.1, 0.15) is 122 Å². The molecule has 12 heterocycles. The summed E-state index contributed by atoms with van der Waals surface area (Å²) in [5, 5.41) is 24.6. The number of Topliss-reactive ketones (excluding diaryl/α,β-unsaturated/α-hetero) is 2. The number of rotatable bonds is 24. The van der Waals surface area contributed by atoms with Crippen LogP contribution < -0.4 is 26.6 Å². The van der Waals surface area contributed by atoms with E-state index in [-0.39, 0.29) is 149 Å². The van der Waals surface area contributed by atoms with Gasteiger partial charge in [0.2, 0.25) is 29.5 Å². The van der Waals surface area contributed by atoms with E-state index in [0.29, 0.717) is 83.4 Å². The van der Waals surface area contributed by atoms with Gasteiger partial charge in [-0.05, 0) is 80.4 Å². The number of hydrogen-bond acceptors (Lipinski definition) is 22. The highest BCUT2D eigenvalue weighted by Crippen LogP contribution is 2.55. The first kappa shape index (κ1) is 75.4. The number of ether oxygens (including phenoxy) is 11. The van der Waals surface area contributed by atoms with Crippen LogP contribution in [0.2, 0.25) is 0 Å². The van der Waals surface area contributed by atoms with Crippen LogP contribution in [-0.2, 0) is 102 Å². The topological polar surface area (TPSA) is 342 Å². The summed E-state index contributed by atoms with van der Waals surface area (Å²) in [7, 11) is 1.57. The van der Waals surface area contributed by atoms with E-state index in [1.54, 1.807) is 37.4 Å². The lowest BCUT2D eigenvalue weighted by Gasteiger charge is -2.47. The molecule has 12 bridgehead atoms. The quantitative estimate of drug-likeness (QED) is 0.0487. The maximum Gasteiger partial charge on any atom is 0.253 e. The molecule has 28 heteroatoms. The van der Waals surface area contributed by atoms with Gasteiger partial charge in [0.15, 0.2) is 5.79 Å². The fourth-order valence-corrected chi connectivity index (χ4v) is 16.8. The molecule has 11 fully saturated rings. The largest absolute Gasteiger partial charge is 0.391 e. The molecule has 11 saturated heterocycles. The first-order valence-corrected chi connectivity index (χ1v) is 37.0. The number of carbonyl (C=O) groups excluding carboxylic acids is 9. The van der Waals surface area contributed by atoms with Crippen molar-refractivity contribution < 1.29 is 100 Å². The summed E-state index contributed by atoms with van der Waals surface area (Å²) in [5.41, 5.74) is 2.73. The van der Waals surface area contributed by atoms with E-state index in [2.05, 4.69) is 46.7 Å². The van der Waals surface area contributed by atoms with Gasteiger partial charge in [0.25, 0.3) is 11.8 Å². The molecule has 102 heavy (non-hydrogen) atoms. The molecular formula is C74H103N7O21. The van der Waals surface area contributed by atoms with Gasteiger partial charge in [0.05, 0.1) is 119 Å². The number of fused-ring (bicyclic) bond motifs is 6. The Bertz CT molecular complexity index is 3200. The molecule has 0 saturated carbocycles. The summed E-state index contributed by atoms with van der Waals surface area (Å²) in [6.07, 6.45) is 4.70. The molecule has 12 aliphatic heterocycles. The van der Waals surface area contributed by atoms with Crippen molar-refractivity contribution in [3.8, 4) is 0 Å². The first-order chi connectivity index (χ1) is 49.2. The zero-order valence-corrected chi connectivity index (χ0v) is 58.7. The smallest absolute Gasteiger partial charge is 0.253 e. The molecule has 0 radical (unpaired) electrons. The number of amides is 7. The monoisotopic (exact) mass is 1430 g/mol. The normalized spacial score (nSPS) is 34.9. The van der Waals surface area contributed by atoms with Gasteiger partial charge < -0.3 is 83.8 Å². The van der Waals surface area contributed by atoms with E-state index >= 15 is 0 Å². The number of nitrogens with one attached hydrogen (secondary N) is 5. The van der Waals surface area contributed by atoms with Crippen molar-refractivity contribution in [1.82, 2.24) is 36.4 Å². The minimum absolute atomic E-state index is 0.0153. The molecule has 7 amide bonds. The average molecular weight is 1430 g/mol. The van der Waals surface area contributed by atoms with Crippen molar-refractivity contribution >= 4 is 52.9 Å². The average Bonchev–Trinajstić information content (AvgIpc) is 1.55. The Morgan fingerprint density at radius 2 is 1.35 bits per heavy atom. The van der Waals surface area contributed by atoms with Gasteiger partial charge in [-0.1, -0.05) is 50.4 Å². The number of aliphatic hydroxyl groups is 1. The van der Waals surface area contributed by atoms with E-state index in [4.69, 9.17) is 52.1 Å². The Balaban J connectivity index is 0.590. The molecule has 2 unspecified atom stereocenters. The van der Waals surface area contributed by atoms with Crippen molar-refractivity contribution in [2.24, 2.45) is 17.8 Å². The molecule has 28 nitrogen and oxygen atoms in total. The van der Waals surface area contributed by atoms with E-state index in [0.717, 1.165) is 48.2 Å². The fraction of sp³-hybridized carbons (Fsp3) is 0.716. The molecular weight excluding hydrogens is 1320 g/mol. The fourth-order valence-electron chi connectivity index (χ4n) is 16.8. The number of hydrogen-bond donors (Lipinski definition) is 6. The summed E-state index contributed by atoms with van der Waals surface area (Å²) in [5.74, 6) is -5.40. The SMILES string of the molecule is C=C1C[C@@H]2CC[C@@]34C[C@H]5OC6C(O[C@H]7CC[C@H](CC(=O)C[C@@H]8[C@@H](OC)[C@@H](C[C@H](O)CNC(=O)CNC(=O)[C@H](Cc9ccccc9)NC(=O)CNC(=O)CNC(=O)CCN9CCOCC(C(=O)CCCCN%10C(=O)C=CC%10=O)COCC9)O[C@H]8C[C@H]8O[C@@H](CC[C@@H]1O2)C[C@@H](C)C8=C)O[C@@H]7[C@@H]6O3)[C@H]5O4. The Labute approximate surface area is 595 Å². The summed E-state index contributed by atoms with van der Waals surface area (Å²) in [4.78, 5) is 120. The van der Waals surface area contributed by atoms with Crippen LogP contribution in [0, 0.1) is 17.8 Å². The molecule has 0 aliphatic carbocycles. The van der Waals surface area contributed by atoms with E-state index in [9.17, 15) is 48.3 Å². The van der Waals surface area contributed by atoms with Crippen molar-refractivity contribution in [1.29, 1.82) is 0 Å². The van der Waals surface area contributed by atoms with Crippen LogP contribution in [0.3, 0.4) is 0 Å². The molecule has 1 aromatic rings. The highest BCUT2D eigenvalue weighted by Gasteiger charge is 2.69. The van der Waals surface area contributed by atoms with Gasteiger partial charge in [0.1, 0.15) is 48.1 Å². The van der Waals surface area contributed by atoms with Crippen molar-refractivity contribution in [3.63, 3.8) is 0 Å². The third kappa shape index (κ3) is 19.1. The lowest BCUT2D eigenvalue weighted by atomic mass is 9.81. The van der Waals surface area contributed by atoms with Crippen molar-refractivity contribution in [2.45, 2.75) is 232 Å². The molecule has 6 N–H and O–H groups in total. The maximum absolute atomic E-state index is 14.6. The minimum atomic E-state index is -1.17. The Kier molecular flexibility index (Phi) is 25.7. The predicted octanol–water partition coefficient (Wildman–Crippen LogP) is 1.69. The number of nitrogens with zero attached hydrogens (tertiary/aromatic N) is 2. The molecule has 1 spiro atoms. The van der Waals surface area contributed by atoms with Crippen LogP contribution in [0.15, 0.2) is 66.8 Å². The predicted molar refractivity (Wildman–Crippen MR) is 362 cm³/mol. The third-order valence-corrected chi connectivity index (χ3v) is 22.3. The summed E-state index contributed by atoms with van der Waals surface area (Å²) in [6, 6.07) is 7.75. The molecule has 12 aliphatic rings. The summed E-state index contributed by atoms with van der Waals surface area (Å²) < 4.78 is 72.5. The highest BCUT2D eigenvalue weighted by molar-refractivity contribution is 6.12. The van der Waals surface area contributed by atoms with Crippen LogP contribution in [0.5, 0.6) is 0 Å². The number of aliphatic hydroxyl groups excluding tert-OH is 1. The third-order valence-electron chi connectivity index (χ3n) is 22.3. The number of imide groups is 1. The standard InChI is InChI=1S/C74H103N7O21/c1-42-28-49-13-15-55-43(2)29-51(95-55)19-21-74-35-60-69(101-74)70-71(100-60)72(102-74)68-56(99-70)16-14-50(97-68)31-47(82)32-52-58(34-57(96-49)44(42)3)98-59(67(52)92-4)33-48(83)36-75-63(87)38-78-73(91)53(30-45-10-6-5-7-11-45)79-64(88)39-77-62(86)37-76-61(85)20-23-80-24-26-93-40-46(41-94-27-25-80)54(84)12-8-9-22-81-65(89)17-18-66(81)90/h5-7,10-11,17-18,42,46,48-53,55-60,67-72,83H,2-3,8-9,12-16,19-41H2,1,4H3,(H,75,87)(H,76,85)(H,77,86)(H,78,91)(H,79,88)/t42-,48+,49+,50-,51+,52+,53+,55+,56+,57-,58+,59-,60-,67-,68+,69+,70?,71?,72+,74+/m1/s1. The van der Waals surface area contributed by atoms with Gasteiger partial charge in [-0.25, -0.2) is 0 Å². The number of methoxy groups -OCH3 is 1. The van der Waals surface area contributed by atoms with Gasteiger partial charge >= 0.3 is 0 Å². The highest BCUT2D eigenvalue weighted by atomic mass is 16.8. The number of unbranched alkanes of at least 4 members (excludes halogenated alkanes) is 1.